The minimum atomic E-state index is -4.52. The second-order valence-electron chi connectivity index (χ2n) is 7.66. The number of aryl methyl sites for hydroxylation is 1. The number of anilines is 2. The molecule has 0 radical (unpaired) electrons. The van der Waals surface area contributed by atoms with Gasteiger partial charge in [0.05, 0.1) is 32.5 Å². The Morgan fingerprint density at radius 3 is 2.62 bits per heavy atom. The van der Waals surface area contributed by atoms with Crippen LogP contribution in [0.4, 0.5) is 24.8 Å². The van der Waals surface area contributed by atoms with Crippen molar-refractivity contribution in [2.45, 2.75) is 19.1 Å². The van der Waals surface area contributed by atoms with Crippen molar-refractivity contribution in [2.75, 3.05) is 69.4 Å². The molecule has 2 fully saturated rings. The standard InChI is InChI=1S/C20H26F3N7O2/c1-14-10-16(20(21,22)23)28-19(27-14)15-12-32-9-4-29(15)3-2-24-17-11-18(26-13-25-17)30-5-7-31-8-6-30/h10-11,13,15H,2-9,12H2,1H3,(H,24,25,26). The van der Waals surface area contributed by atoms with Crippen LogP contribution in [0.2, 0.25) is 0 Å². The van der Waals surface area contributed by atoms with Gasteiger partial charge in [-0.3, -0.25) is 4.90 Å². The zero-order valence-electron chi connectivity index (χ0n) is 17.8. The van der Waals surface area contributed by atoms with Gasteiger partial charge in [-0.2, -0.15) is 13.2 Å². The van der Waals surface area contributed by atoms with E-state index >= 15 is 0 Å². The lowest BCUT2D eigenvalue weighted by Crippen LogP contribution is -2.42. The highest BCUT2D eigenvalue weighted by atomic mass is 19.4. The number of morpholine rings is 2. The van der Waals surface area contributed by atoms with Gasteiger partial charge in [0.15, 0.2) is 0 Å². The summed E-state index contributed by atoms with van der Waals surface area (Å²) in [5, 5.41) is 3.28. The van der Waals surface area contributed by atoms with Crippen LogP contribution >= 0.6 is 0 Å². The van der Waals surface area contributed by atoms with Crippen molar-refractivity contribution in [1.29, 1.82) is 0 Å². The number of hydrogen-bond acceptors (Lipinski definition) is 9. The molecule has 0 aliphatic carbocycles. The maximum absolute atomic E-state index is 13.2. The fourth-order valence-electron chi connectivity index (χ4n) is 3.77. The summed E-state index contributed by atoms with van der Waals surface area (Å²) in [6.07, 6.45) is -3.00. The van der Waals surface area contributed by atoms with E-state index in [0.29, 0.717) is 45.3 Å². The Kier molecular flexibility index (Phi) is 7.01. The highest BCUT2D eigenvalue weighted by Crippen LogP contribution is 2.30. The van der Waals surface area contributed by atoms with Gasteiger partial charge in [-0.1, -0.05) is 0 Å². The van der Waals surface area contributed by atoms with Crippen LogP contribution in [0.25, 0.3) is 0 Å². The predicted octanol–water partition coefficient (Wildman–Crippen LogP) is 1.92. The fourth-order valence-corrected chi connectivity index (χ4v) is 3.77. The van der Waals surface area contributed by atoms with Crippen LogP contribution in [0.15, 0.2) is 18.5 Å². The van der Waals surface area contributed by atoms with Crippen molar-refractivity contribution in [3.05, 3.63) is 35.7 Å². The van der Waals surface area contributed by atoms with Crippen LogP contribution in [0.3, 0.4) is 0 Å². The molecular weight excluding hydrogens is 427 g/mol. The first-order valence-corrected chi connectivity index (χ1v) is 10.5. The highest BCUT2D eigenvalue weighted by Gasteiger charge is 2.35. The smallest absolute Gasteiger partial charge is 0.378 e. The molecular formula is C20H26F3N7O2. The average molecular weight is 453 g/mol. The zero-order chi connectivity index (χ0) is 22.6. The first kappa shape index (κ1) is 22.6. The molecule has 4 heterocycles. The average Bonchev–Trinajstić information content (AvgIpc) is 2.79. The predicted molar refractivity (Wildman–Crippen MR) is 110 cm³/mol. The number of halogens is 3. The summed E-state index contributed by atoms with van der Waals surface area (Å²) in [6, 6.07) is 2.41. The van der Waals surface area contributed by atoms with Crippen molar-refractivity contribution < 1.29 is 22.6 Å². The SMILES string of the molecule is Cc1cc(C(F)(F)F)nc(C2COCCN2CCNc2cc(N3CCOCC3)ncn2)n1. The Bertz CT molecular complexity index is 909. The van der Waals surface area contributed by atoms with Gasteiger partial charge >= 0.3 is 6.18 Å². The summed E-state index contributed by atoms with van der Waals surface area (Å²) >= 11 is 0. The summed E-state index contributed by atoms with van der Waals surface area (Å²) in [5.41, 5.74) is -0.650. The van der Waals surface area contributed by atoms with Crippen molar-refractivity contribution in [2.24, 2.45) is 0 Å². The first-order chi connectivity index (χ1) is 15.4. The Hall–Kier alpha value is -2.57. The van der Waals surface area contributed by atoms with Gasteiger partial charge < -0.3 is 19.7 Å². The van der Waals surface area contributed by atoms with Crippen LogP contribution in [-0.2, 0) is 15.7 Å². The number of hydrogen-bond donors (Lipinski definition) is 1. The van der Waals surface area contributed by atoms with E-state index < -0.39 is 17.9 Å². The Balaban J connectivity index is 1.40. The van der Waals surface area contributed by atoms with E-state index in [2.05, 4.69) is 30.2 Å². The third-order valence-electron chi connectivity index (χ3n) is 5.39. The maximum atomic E-state index is 13.2. The molecule has 1 unspecified atom stereocenters. The highest BCUT2D eigenvalue weighted by molar-refractivity contribution is 5.48. The Morgan fingerprint density at radius 1 is 1.06 bits per heavy atom. The van der Waals surface area contributed by atoms with Crippen molar-refractivity contribution >= 4 is 11.6 Å². The lowest BCUT2D eigenvalue weighted by atomic mass is 10.2. The second kappa shape index (κ2) is 9.92. The summed E-state index contributed by atoms with van der Waals surface area (Å²) < 4.78 is 50.5. The van der Waals surface area contributed by atoms with E-state index in [9.17, 15) is 13.2 Å². The molecule has 2 saturated heterocycles. The van der Waals surface area contributed by atoms with Crippen LogP contribution in [0.5, 0.6) is 0 Å². The molecule has 4 rings (SSSR count). The number of alkyl halides is 3. The number of rotatable bonds is 6. The lowest BCUT2D eigenvalue weighted by molar-refractivity contribution is -0.141. The molecule has 2 aliphatic rings. The third kappa shape index (κ3) is 5.61. The number of ether oxygens (including phenoxy) is 2. The summed E-state index contributed by atoms with van der Waals surface area (Å²) in [5.74, 6) is 1.66. The van der Waals surface area contributed by atoms with E-state index in [4.69, 9.17) is 9.47 Å². The van der Waals surface area contributed by atoms with Gasteiger partial charge in [-0.25, -0.2) is 19.9 Å². The molecule has 2 aliphatic heterocycles. The molecule has 1 N–H and O–H groups in total. The summed E-state index contributed by atoms with van der Waals surface area (Å²) in [4.78, 5) is 20.8. The summed E-state index contributed by atoms with van der Waals surface area (Å²) in [7, 11) is 0. The molecule has 0 amide bonds. The topological polar surface area (TPSA) is 88.5 Å². The van der Waals surface area contributed by atoms with E-state index in [0.717, 1.165) is 25.0 Å². The molecule has 9 nitrogen and oxygen atoms in total. The zero-order valence-corrected chi connectivity index (χ0v) is 17.8. The Morgan fingerprint density at radius 2 is 1.84 bits per heavy atom. The third-order valence-corrected chi connectivity index (χ3v) is 5.39. The lowest BCUT2D eigenvalue weighted by Gasteiger charge is -2.34. The summed E-state index contributed by atoms with van der Waals surface area (Å²) in [6.45, 7) is 6.89. The molecule has 0 saturated carbocycles. The molecule has 32 heavy (non-hydrogen) atoms. The van der Waals surface area contributed by atoms with Crippen molar-refractivity contribution in [3.63, 3.8) is 0 Å². The van der Waals surface area contributed by atoms with Gasteiger partial charge in [0, 0.05) is 44.5 Å². The van der Waals surface area contributed by atoms with Gasteiger partial charge in [-0.05, 0) is 13.0 Å². The molecule has 2 aromatic heterocycles. The number of nitrogens with one attached hydrogen (secondary N) is 1. The molecule has 174 valence electrons. The second-order valence-corrected chi connectivity index (χ2v) is 7.66. The van der Waals surface area contributed by atoms with Crippen molar-refractivity contribution in [1.82, 2.24) is 24.8 Å². The van der Waals surface area contributed by atoms with Crippen LogP contribution < -0.4 is 10.2 Å². The van der Waals surface area contributed by atoms with E-state index in [-0.39, 0.29) is 18.1 Å². The van der Waals surface area contributed by atoms with Gasteiger partial charge in [-0.15, -0.1) is 0 Å². The van der Waals surface area contributed by atoms with E-state index in [1.807, 2.05) is 11.0 Å². The van der Waals surface area contributed by atoms with Crippen LogP contribution in [0, 0.1) is 6.92 Å². The number of nitrogens with zero attached hydrogens (tertiary/aromatic N) is 6. The van der Waals surface area contributed by atoms with Crippen LogP contribution in [0.1, 0.15) is 23.3 Å². The van der Waals surface area contributed by atoms with Crippen LogP contribution in [-0.4, -0.2) is 84.0 Å². The minimum absolute atomic E-state index is 0.133. The molecule has 0 aromatic carbocycles. The molecule has 0 spiro atoms. The number of aromatic nitrogens is 4. The normalized spacial score (nSPS) is 20.4. The van der Waals surface area contributed by atoms with Gasteiger partial charge in [0.25, 0.3) is 0 Å². The molecule has 2 aromatic rings. The largest absolute Gasteiger partial charge is 0.433 e. The van der Waals surface area contributed by atoms with E-state index in [1.165, 1.54) is 13.3 Å². The fraction of sp³-hybridized carbons (Fsp3) is 0.600. The maximum Gasteiger partial charge on any atom is 0.433 e. The van der Waals surface area contributed by atoms with Gasteiger partial charge in [0.2, 0.25) is 0 Å². The molecule has 1 atom stereocenters. The monoisotopic (exact) mass is 453 g/mol. The van der Waals surface area contributed by atoms with E-state index in [1.54, 1.807) is 0 Å². The molecule has 0 bridgehead atoms. The Labute approximate surface area is 184 Å². The van der Waals surface area contributed by atoms with Gasteiger partial charge in [0.1, 0.15) is 29.5 Å². The minimum Gasteiger partial charge on any atom is -0.378 e. The van der Waals surface area contributed by atoms with Crippen molar-refractivity contribution in [3.8, 4) is 0 Å². The first-order valence-electron chi connectivity index (χ1n) is 10.5. The molecule has 12 heteroatoms. The quantitative estimate of drug-likeness (QED) is 0.705.